The van der Waals surface area contributed by atoms with Gasteiger partial charge < -0.3 is 35.5 Å². The highest BCUT2D eigenvalue weighted by molar-refractivity contribution is 6.32. The number of ether oxygens (including phenoxy) is 1. The zero-order chi connectivity index (χ0) is 37.0. The minimum atomic E-state index is -1.32. The van der Waals surface area contributed by atoms with E-state index in [1.54, 1.807) is 49.4 Å². The molecule has 0 radical (unpaired) electrons. The summed E-state index contributed by atoms with van der Waals surface area (Å²) in [6.45, 7) is 8.86. The number of rotatable bonds is 16. The highest BCUT2D eigenvalue weighted by Crippen LogP contribution is 2.21. The van der Waals surface area contributed by atoms with E-state index in [-0.39, 0.29) is 49.0 Å². The van der Waals surface area contributed by atoms with Gasteiger partial charge in [-0.3, -0.25) is 24.0 Å². The maximum Gasteiger partial charge on any atom is 0.397 e. The second kappa shape index (κ2) is 18.3. The Kier molecular flexibility index (Phi) is 14.2. The van der Waals surface area contributed by atoms with Crippen LogP contribution in [0.1, 0.15) is 64.5 Å². The first-order valence-electron chi connectivity index (χ1n) is 16.3. The summed E-state index contributed by atoms with van der Waals surface area (Å²) in [5, 5.41) is 20.2. The van der Waals surface area contributed by atoms with Gasteiger partial charge in [0, 0.05) is 29.6 Å². The van der Waals surface area contributed by atoms with Crippen LogP contribution in [0, 0.1) is 18.8 Å². The van der Waals surface area contributed by atoms with E-state index < -0.39 is 65.7 Å². The van der Waals surface area contributed by atoms with Gasteiger partial charge in [-0.25, -0.2) is 9.59 Å². The van der Waals surface area contributed by atoms with Gasteiger partial charge in [-0.05, 0) is 61.3 Å². The number of carbonyl (C=O) groups is 6. The Bertz CT molecular complexity index is 1750. The van der Waals surface area contributed by atoms with Crippen molar-refractivity contribution in [1.29, 1.82) is 0 Å². The fourth-order valence-corrected chi connectivity index (χ4v) is 5.12. The molecule has 4 amide bonds. The number of carboxylic acids is 1. The SMILES string of the molecule is Cc1cc(=O)oc2cc(NC(=O)[C@H](CCC(=O)O)NC(=O)[C@H](CC(C)C)NC(=O)[C@H](CC(C)C)NC(=O)C(=O)OCc3ccccc3)ccc12. The molecule has 50 heavy (non-hydrogen) atoms. The normalized spacial score (nSPS) is 12.9. The van der Waals surface area contributed by atoms with Crippen LogP contribution < -0.4 is 26.9 Å². The summed E-state index contributed by atoms with van der Waals surface area (Å²) in [6, 6.07) is 11.1. The Labute approximate surface area is 289 Å². The summed E-state index contributed by atoms with van der Waals surface area (Å²) in [7, 11) is 0. The van der Waals surface area contributed by atoms with Crippen molar-refractivity contribution in [3.63, 3.8) is 0 Å². The van der Waals surface area contributed by atoms with Gasteiger partial charge in [0.25, 0.3) is 0 Å². The monoisotopic (exact) mass is 692 g/mol. The number of amides is 4. The quantitative estimate of drug-likeness (QED) is 0.0841. The van der Waals surface area contributed by atoms with Crippen molar-refractivity contribution >= 4 is 52.2 Å². The molecule has 0 bridgehead atoms. The Morgan fingerprint density at radius 1 is 0.780 bits per heavy atom. The number of hydrogen-bond acceptors (Lipinski definition) is 9. The molecule has 1 aromatic heterocycles. The summed E-state index contributed by atoms with van der Waals surface area (Å²) < 4.78 is 10.3. The molecule has 268 valence electrons. The molecule has 0 saturated heterocycles. The van der Waals surface area contributed by atoms with E-state index in [1.807, 2.05) is 27.7 Å². The lowest BCUT2D eigenvalue weighted by Crippen LogP contribution is -2.57. The molecule has 5 N–H and O–H groups in total. The topological polar surface area (TPSA) is 210 Å². The number of hydrogen-bond donors (Lipinski definition) is 5. The van der Waals surface area contributed by atoms with Gasteiger partial charge in [0.15, 0.2) is 0 Å². The third-order valence-corrected chi connectivity index (χ3v) is 7.57. The molecule has 0 aliphatic heterocycles. The Morgan fingerprint density at radius 2 is 1.38 bits per heavy atom. The van der Waals surface area contributed by atoms with Gasteiger partial charge in [-0.1, -0.05) is 58.0 Å². The molecular weight excluding hydrogens is 648 g/mol. The van der Waals surface area contributed by atoms with E-state index in [0.717, 1.165) is 0 Å². The molecule has 0 saturated carbocycles. The second-order valence-corrected chi connectivity index (χ2v) is 12.9. The van der Waals surface area contributed by atoms with Crippen LogP contribution in [0.5, 0.6) is 0 Å². The smallest absolute Gasteiger partial charge is 0.397 e. The summed E-state index contributed by atoms with van der Waals surface area (Å²) >= 11 is 0. The minimum absolute atomic E-state index is 0.0973. The lowest BCUT2D eigenvalue weighted by atomic mass is 9.99. The minimum Gasteiger partial charge on any atom is -0.481 e. The Balaban J connectivity index is 1.74. The van der Waals surface area contributed by atoms with E-state index in [9.17, 15) is 38.7 Å². The van der Waals surface area contributed by atoms with Gasteiger partial charge in [-0.15, -0.1) is 0 Å². The van der Waals surface area contributed by atoms with Crippen LogP contribution in [0.4, 0.5) is 5.69 Å². The molecule has 0 aliphatic rings. The van der Waals surface area contributed by atoms with Crippen molar-refractivity contribution in [2.75, 3.05) is 5.32 Å². The molecule has 1 heterocycles. The average molecular weight is 693 g/mol. The zero-order valence-corrected chi connectivity index (χ0v) is 28.7. The fourth-order valence-electron chi connectivity index (χ4n) is 5.12. The number of aliphatic carboxylic acids is 1. The van der Waals surface area contributed by atoms with E-state index >= 15 is 0 Å². The van der Waals surface area contributed by atoms with Gasteiger partial charge in [0.2, 0.25) is 17.7 Å². The van der Waals surface area contributed by atoms with Crippen molar-refractivity contribution in [3.05, 3.63) is 76.1 Å². The first kappa shape index (κ1) is 38.9. The number of esters is 1. The fraction of sp³-hybridized carbons (Fsp3) is 0.417. The molecular formula is C36H44N4O10. The first-order chi connectivity index (χ1) is 23.6. The second-order valence-electron chi connectivity index (χ2n) is 12.9. The van der Waals surface area contributed by atoms with Crippen LogP contribution in [-0.2, 0) is 40.1 Å². The summed E-state index contributed by atoms with van der Waals surface area (Å²) in [4.78, 5) is 88.9. The van der Waals surface area contributed by atoms with Gasteiger partial charge in [-0.2, -0.15) is 0 Å². The third-order valence-electron chi connectivity index (χ3n) is 7.57. The number of carbonyl (C=O) groups excluding carboxylic acids is 5. The standard InChI is InChI=1S/C36H44N4O10/c1-20(2)15-27(39-34(46)28(16-21(3)4)40-35(47)36(48)49-19-23-9-7-6-8-10-23)33(45)38-26(13-14-30(41)42)32(44)37-24-11-12-25-22(5)17-31(43)50-29(25)18-24/h6-12,17-18,20-21,26-28H,13-16,19H2,1-5H3,(H,37,44)(H,38,45)(H,39,46)(H,40,47)(H,41,42)/t26-,27-,28-/m0/s1. The predicted octanol–water partition coefficient (Wildman–Crippen LogP) is 3.19. The number of anilines is 1. The van der Waals surface area contributed by atoms with E-state index in [1.165, 1.54) is 12.1 Å². The maximum atomic E-state index is 13.6. The Morgan fingerprint density at radius 3 is 1.98 bits per heavy atom. The van der Waals surface area contributed by atoms with E-state index in [2.05, 4.69) is 21.3 Å². The zero-order valence-electron chi connectivity index (χ0n) is 28.7. The molecule has 3 atom stereocenters. The van der Waals surface area contributed by atoms with Gasteiger partial charge in [0.1, 0.15) is 30.3 Å². The summed E-state index contributed by atoms with van der Waals surface area (Å²) in [5.74, 6) is -5.93. The third kappa shape index (κ3) is 12.2. The van der Waals surface area contributed by atoms with Crippen molar-refractivity contribution in [2.45, 2.75) is 85.0 Å². The van der Waals surface area contributed by atoms with Crippen molar-refractivity contribution in [3.8, 4) is 0 Å². The number of carboxylic acid groups (broad SMARTS) is 1. The predicted molar refractivity (Wildman–Crippen MR) is 184 cm³/mol. The first-order valence-corrected chi connectivity index (χ1v) is 16.3. The average Bonchev–Trinajstić information content (AvgIpc) is 3.04. The van der Waals surface area contributed by atoms with Crippen LogP contribution >= 0.6 is 0 Å². The molecule has 0 fully saturated rings. The summed E-state index contributed by atoms with van der Waals surface area (Å²) in [5.41, 5.74) is 1.25. The molecule has 14 nitrogen and oxygen atoms in total. The van der Waals surface area contributed by atoms with Crippen molar-refractivity contribution in [2.24, 2.45) is 11.8 Å². The number of fused-ring (bicyclic) bond motifs is 1. The van der Waals surface area contributed by atoms with Gasteiger partial charge >= 0.3 is 23.5 Å². The molecule has 0 unspecified atom stereocenters. The number of nitrogens with one attached hydrogen (secondary N) is 4. The molecule has 2 aromatic carbocycles. The van der Waals surface area contributed by atoms with Crippen LogP contribution in [-0.4, -0.2) is 58.8 Å². The van der Waals surface area contributed by atoms with E-state index in [0.29, 0.717) is 16.5 Å². The molecule has 3 rings (SSSR count). The lowest BCUT2D eigenvalue weighted by molar-refractivity contribution is -0.156. The number of benzene rings is 2. The van der Waals surface area contributed by atoms with Crippen LogP contribution in [0.15, 0.2) is 63.8 Å². The van der Waals surface area contributed by atoms with Crippen LogP contribution in [0.3, 0.4) is 0 Å². The van der Waals surface area contributed by atoms with Crippen LogP contribution in [0.2, 0.25) is 0 Å². The van der Waals surface area contributed by atoms with Gasteiger partial charge in [0.05, 0.1) is 0 Å². The maximum absolute atomic E-state index is 13.6. The molecule has 3 aromatic rings. The Hall–Kier alpha value is -5.53. The van der Waals surface area contributed by atoms with Crippen molar-refractivity contribution in [1.82, 2.24) is 16.0 Å². The highest BCUT2D eigenvalue weighted by Gasteiger charge is 2.32. The van der Waals surface area contributed by atoms with E-state index in [4.69, 9.17) is 9.15 Å². The lowest BCUT2D eigenvalue weighted by Gasteiger charge is -2.26. The van der Waals surface area contributed by atoms with Crippen molar-refractivity contribution < 1.29 is 43.0 Å². The largest absolute Gasteiger partial charge is 0.481 e. The molecule has 0 aliphatic carbocycles. The molecule has 14 heteroatoms. The highest BCUT2D eigenvalue weighted by atomic mass is 16.5. The van der Waals surface area contributed by atoms with Crippen LogP contribution in [0.25, 0.3) is 11.0 Å². The number of aryl methyl sites for hydroxylation is 1. The summed E-state index contributed by atoms with van der Waals surface area (Å²) in [6.07, 6.45) is -0.452. The molecule has 0 spiro atoms.